The molecule has 10 heteroatoms. The number of fused-ring (bicyclic) bond motifs is 2. The first-order valence-corrected chi connectivity index (χ1v) is 10.1. The Morgan fingerprint density at radius 1 is 1.38 bits per heavy atom. The number of carbonyl (C=O) groups excluding carboxylic acids is 2. The predicted molar refractivity (Wildman–Crippen MR) is 104 cm³/mol. The molecule has 3 aliphatic heterocycles. The van der Waals surface area contributed by atoms with Crippen LogP contribution >= 0.6 is 0 Å². The van der Waals surface area contributed by atoms with E-state index in [2.05, 4.69) is 0 Å². The van der Waals surface area contributed by atoms with Gasteiger partial charge in [0, 0.05) is 32.2 Å². The van der Waals surface area contributed by atoms with Crippen molar-refractivity contribution in [2.75, 3.05) is 19.6 Å². The minimum absolute atomic E-state index is 0.0185. The molecule has 0 saturated carbocycles. The van der Waals surface area contributed by atoms with Gasteiger partial charge in [0.2, 0.25) is 11.8 Å². The summed E-state index contributed by atoms with van der Waals surface area (Å²) in [5.74, 6) is -1.27. The largest absolute Gasteiger partial charge is 0.475 e. The van der Waals surface area contributed by atoms with Crippen LogP contribution < -0.4 is 5.73 Å². The second-order valence-corrected chi connectivity index (χ2v) is 8.22. The molecule has 0 aliphatic carbocycles. The van der Waals surface area contributed by atoms with Crippen molar-refractivity contribution in [2.45, 2.75) is 49.9 Å². The van der Waals surface area contributed by atoms with Crippen molar-refractivity contribution in [3.05, 3.63) is 35.6 Å². The smallest absolute Gasteiger partial charge is 0.426 e. The van der Waals surface area contributed by atoms with Crippen LogP contribution in [0.5, 0.6) is 0 Å². The summed E-state index contributed by atoms with van der Waals surface area (Å²) in [7, 11) is -1.57. The Morgan fingerprint density at radius 2 is 2.17 bits per heavy atom. The Hall–Kier alpha value is -2.01. The van der Waals surface area contributed by atoms with Crippen LogP contribution in [0.2, 0.25) is 0 Å². The van der Waals surface area contributed by atoms with Gasteiger partial charge in [-0.05, 0) is 37.0 Å². The van der Waals surface area contributed by atoms with Crippen molar-refractivity contribution in [3.8, 4) is 0 Å². The number of piperazine rings is 1. The van der Waals surface area contributed by atoms with Crippen LogP contribution in [0.3, 0.4) is 0 Å². The summed E-state index contributed by atoms with van der Waals surface area (Å²) in [5.41, 5.74) is 6.89. The molecule has 3 fully saturated rings. The molecule has 0 spiro atoms. The number of hydrogen-bond donors (Lipinski definition) is 3. The number of hydrogen-bond acceptors (Lipinski definition) is 6. The molecule has 2 bridgehead atoms. The van der Waals surface area contributed by atoms with E-state index in [4.69, 9.17) is 5.73 Å². The highest BCUT2D eigenvalue weighted by Gasteiger charge is 2.50. The minimum Gasteiger partial charge on any atom is -0.426 e. The maximum atomic E-state index is 13.4. The minimum atomic E-state index is -1.57. The molecule has 2 amide bonds. The number of halogens is 1. The maximum absolute atomic E-state index is 13.4. The molecule has 0 aromatic heterocycles. The van der Waals surface area contributed by atoms with Crippen LogP contribution in [0.4, 0.5) is 4.39 Å². The normalized spacial score (nSPS) is 27.7. The third kappa shape index (κ3) is 3.89. The van der Waals surface area contributed by atoms with Crippen molar-refractivity contribution >= 4 is 18.9 Å². The molecule has 8 nitrogen and oxygen atoms in total. The van der Waals surface area contributed by atoms with Gasteiger partial charge in [0.15, 0.2) is 0 Å². The van der Waals surface area contributed by atoms with Crippen molar-refractivity contribution in [3.63, 3.8) is 0 Å². The van der Waals surface area contributed by atoms with Crippen LogP contribution in [0.1, 0.15) is 24.8 Å². The fourth-order valence-corrected chi connectivity index (χ4v) is 4.89. The lowest BCUT2D eigenvalue weighted by atomic mass is 9.78. The Morgan fingerprint density at radius 3 is 2.86 bits per heavy atom. The molecule has 29 heavy (non-hydrogen) atoms. The Kier molecular flexibility index (Phi) is 5.61. The topological polar surface area (TPSA) is 110 Å². The van der Waals surface area contributed by atoms with Crippen LogP contribution in [-0.4, -0.2) is 87.4 Å². The summed E-state index contributed by atoms with van der Waals surface area (Å²) in [5, 5.41) is 18.9. The molecular weight excluding hydrogens is 378 g/mol. The quantitative estimate of drug-likeness (QED) is 0.522. The fraction of sp³-hybridized carbons (Fsp3) is 0.579. The molecule has 4 N–H and O–H groups in total. The highest BCUT2D eigenvalue weighted by molar-refractivity contribution is 6.43. The van der Waals surface area contributed by atoms with Gasteiger partial charge in [-0.15, -0.1) is 0 Å². The molecule has 1 aromatic rings. The lowest BCUT2D eigenvalue weighted by Crippen LogP contribution is -2.57. The summed E-state index contributed by atoms with van der Waals surface area (Å²) in [4.78, 5) is 30.7. The number of benzene rings is 1. The van der Waals surface area contributed by atoms with E-state index >= 15 is 0 Å². The SMILES string of the molecule is N[C@@H](CN1C[C@@H]2CC1C(=O)N2Cc1cccc(F)c1)C(=O)N1CCCC1B(O)O. The third-order valence-corrected chi connectivity index (χ3v) is 6.31. The molecule has 1 aromatic carbocycles. The van der Waals surface area contributed by atoms with Crippen molar-refractivity contribution < 1.29 is 24.0 Å². The fourth-order valence-electron chi connectivity index (χ4n) is 4.89. The second kappa shape index (κ2) is 8.02. The van der Waals surface area contributed by atoms with Gasteiger partial charge in [-0.1, -0.05) is 12.1 Å². The van der Waals surface area contributed by atoms with Crippen LogP contribution in [0, 0.1) is 5.82 Å². The van der Waals surface area contributed by atoms with E-state index in [1.807, 2.05) is 4.90 Å². The molecule has 0 radical (unpaired) electrons. The van der Waals surface area contributed by atoms with Gasteiger partial charge in [-0.25, -0.2) is 4.39 Å². The van der Waals surface area contributed by atoms with Crippen molar-refractivity contribution in [2.24, 2.45) is 5.73 Å². The van der Waals surface area contributed by atoms with Crippen LogP contribution in [0.15, 0.2) is 24.3 Å². The molecule has 4 atom stereocenters. The van der Waals surface area contributed by atoms with Gasteiger partial charge in [0.05, 0.1) is 18.0 Å². The molecule has 2 unspecified atom stereocenters. The highest BCUT2D eigenvalue weighted by atomic mass is 19.1. The number of nitrogens with zero attached hydrogens (tertiary/aromatic N) is 3. The Bertz CT molecular complexity index is 797. The van der Waals surface area contributed by atoms with Gasteiger partial charge in [-0.2, -0.15) is 0 Å². The van der Waals surface area contributed by atoms with E-state index < -0.39 is 19.1 Å². The van der Waals surface area contributed by atoms with Crippen molar-refractivity contribution in [1.29, 1.82) is 0 Å². The summed E-state index contributed by atoms with van der Waals surface area (Å²) in [6.07, 6.45) is 1.93. The number of amides is 2. The first-order valence-electron chi connectivity index (χ1n) is 10.1. The Labute approximate surface area is 169 Å². The number of nitrogens with two attached hydrogens (primary N) is 1. The summed E-state index contributed by atoms with van der Waals surface area (Å²) < 4.78 is 13.4. The Balaban J connectivity index is 1.35. The summed E-state index contributed by atoms with van der Waals surface area (Å²) >= 11 is 0. The predicted octanol–water partition coefficient (Wildman–Crippen LogP) is -1.06. The zero-order valence-electron chi connectivity index (χ0n) is 16.2. The van der Waals surface area contributed by atoms with Gasteiger partial charge >= 0.3 is 7.12 Å². The lowest BCUT2D eigenvalue weighted by molar-refractivity contribution is -0.139. The average Bonchev–Trinajstić information content (AvgIpc) is 3.38. The highest BCUT2D eigenvalue weighted by Crippen LogP contribution is 2.33. The zero-order valence-corrected chi connectivity index (χ0v) is 16.2. The molecule has 3 saturated heterocycles. The van der Waals surface area contributed by atoms with Gasteiger partial charge in [-0.3, -0.25) is 14.5 Å². The van der Waals surface area contributed by atoms with E-state index in [9.17, 15) is 24.0 Å². The monoisotopic (exact) mass is 404 g/mol. The van der Waals surface area contributed by atoms with Gasteiger partial charge in [0.1, 0.15) is 5.82 Å². The van der Waals surface area contributed by atoms with E-state index in [-0.39, 0.29) is 36.3 Å². The molecule has 156 valence electrons. The number of likely N-dealkylation sites (tertiary alicyclic amines) is 3. The van der Waals surface area contributed by atoms with E-state index in [1.165, 1.54) is 17.0 Å². The van der Waals surface area contributed by atoms with Crippen LogP contribution in [-0.2, 0) is 16.1 Å². The average molecular weight is 404 g/mol. The molecular formula is C19H26BFN4O4. The van der Waals surface area contributed by atoms with E-state index in [0.29, 0.717) is 38.9 Å². The van der Waals surface area contributed by atoms with Crippen LogP contribution in [0.25, 0.3) is 0 Å². The third-order valence-electron chi connectivity index (χ3n) is 6.31. The first-order chi connectivity index (χ1) is 13.8. The molecule has 4 rings (SSSR count). The van der Waals surface area contributed by atoms with Gasteiger partial charge in [0.25, 0.3) is 0 Å². The lowest BCUT2D eigenvalue weighted by Gasteiger charge is -2.35. The summed E-state index contributed by atoms with van der Waals surface area (Å²) in [6, 6.07) is 5.14. The molecule has 3 aliphatic rings. The summed E-state index contributed by atoms with van der Waals surface area (Å²) in [6.45, 7) is 1.71. The second-order valence-electron chi connectivity index (χ2n) is 8.22. The van der Waals surface area contributed by atoms with Gasteiger partial charge < -0.3 is 25.6 Å². The first kappa shape index (κ1) is 20.3. The van der Waals surface area contributed by atoms with Crippen molar-refractivity contribution in [1.82, 2.24) is 14.7 Å². The van der Waals surface area contributed by atoms with E-state index in [1.54, 1.807) is 17.0 Å². The standard InChI is InChI=1S/C19H26BFN4O4/c21-13-4-1-3-12(7-13)9-25-14-8-16(19(25)27)23(10-14)11-15(22)18(26)24-6-2-5-17(24)20(28)29/h1,3-4,7,14-17,28-29H,2,5-6,8-11,22H2/t14-,15-,16?,17?/m0/s1. The maximum Gasteiger partial charge on any atom is 0.475 e. The number of carbonyl (C=O) groups is 2. The zero-order chi connectivity index (χ0) is 20.7. The number of rotatable bonds is 6. The van der Waals surface area contributed by atoms with E-state index in [0.717, 1.165) is 5.56 Å². The molecule has 3 heterocycles.